The number of likely N-dealkylation sites (tertiary alicyclic amines) is 1. The van der Waals surface area contributed by atoms with E-state index in [0.29, 0.717) is 6.04 Å². The molecular weight excluding hydrogens is 212 g/mol. The predicted molar refractivity (Wildman–Crippen MR) is 71.3 cm³/mol. The summed E-state index contributed by atoms with van der Waals surface area (Å²) in [4.78, 5) is 2.65. The van der Waals surface area contributed by atoms with Gasteiger partial charge in [-0.05, 0) is 59.0 Å². The highest BCUT2D eigenvalue weighted by Gasteiger charge is 2.29. The number of hydrogen-bond acceptors (Lipinski definition) is 3. The molecule has 0 aromatic heterocycles. The maximum atomic E-state index is 5.59. The summed E-state index contributed by atoms with van der Waals surface area (Å²) in [6.45, 7) is 12.4. The number of rotatable bonds is 3. The fourth-order valence-corrected chi connectivity index (χ4v) is 2.82. The molecule has 3 heteroatoms. The van der Waals surface area contributed by atoms with Crippen molar-refractivity contribution in [2.24, 2.45) is 5.92 Å². The highest BCUT2D eigenvalue weighted by Crippen LogP contribution is 2.22. The Morgan fingerprint density at radius 2 is 2.12 bits per heavy atom. The Hall–Kier alpha value is -0.120. The van der Waals surface area contributed by atoms with Crippen molar-refractivity contribution in [1.29, 1.82) is 0 Å². The van der Waals surface area contributed by atoms with Gasteiger partial charge in [-0.25, -0.2) is 0 Å². The molecule has 0 aromatic rings. The molecule has 0 amide bonds. The quantitative estimate of drug-likeness (QED) is 0.815. The van der Waals surface area contributed by atoms with Gasteiger partial charge >= 0.3 is 0 Å². The first-order chi connectivity index (χ1) is 8.04. The second-order valence-corrected chi connectivity index (χ2v) is 6.65. The number of nitrogens with one attached hydrogen (secondary N) is 1. The lowest BCUT2D eigenvalue weighted by Crippen LogP contribution is -2.42. The molecule has 2 atom stereocenters. The molecule has 2 aliphatic rings. The van der Waals surface area contributed by atoms with Crippen LogP contribution in [0.1, 0.15) is 40.0 Å². The van der Waals surface area contributed by atoms with Crippen molar-refractivity contribution < 1.29 is 4.74 Å². The van der Waals surface area contributed by atoms with E-state index in [-0.39, 0.29) is 5.54 Å². The first-order valence-corrected chi connectivity index (χ1v) is 7.11. The zero-order valence-corrected chi connectivity index (χ0v) is 11.7. The molecule has 2 aliphatic heterocycles. The van der Waals surface area contributed by atoms with E-state index in [0.717, 1.165) is 25.7 Å². The van der Waals surface area contributed by atoms with Gasteiger partial charge in [0.25, 0.3) is 0 Å². The monoisotopic (exact) mass is 240 g/mol. The average Bonchev–Trinajstić information content (AvgIpc) is 2.75. The Morgan fingerprint density at radius 1 is 1.29 bits per heavy atom. The van der Waals surface area contributed by atoms with Crippen LogP contribution in [-0.2, 0) is 4.74 Å². The molecule has 1 N–H and O–H groups in total. The van der Waals surface area contributed by atoms with Crippen molar-refractivity contribution in [3.63, 3.8) is 0 Å². The highest BCUT2D eigenvalue weighted by molar-refractivity contribution is 4.85. The summed E-state index contributed by atoms with van der Waals surface area (Å²) >= 11 is 0. The summed E-state index contributed by atoms with van der Waals surface area (Å²) in [7, 11) is 0. The minimum atomic E-state index is 0.251. The smallest absolute Gasteiger partial charge is 0.0621 e. The normalized spacial score (nSPS) is 31.9. The summed E-state index contributed by atoms with van der Waals surface area (Å²) in [5.41, 5.74) is 0.251. The summed E-state index contributed by atoms with van der Waals surface area (Å²) < 4.78 is 5.59. The molecule has 0 radical (unpaired) electrons. The van der Waals surface area contributed by atoms with Gasteiger partial charge in [-0.15, -0.1) is 0 Å². The first kappa shape index (κ1) is 13.3. The summed E-state index contributed by atoms with van der Waals surface area (Å²) in [5.74, 6) is 0.830. The lowest BCUT2D eigenvalue weighted by molar-refractivity contribution is 0.0254. The van der Waals surface area contributed by atoms with Gasteiger partial charge in [-0.1, -0.05) is 0 Å². The van der Waals surface area contributed by atoms with E-state index >= 15 is 0 Å². The third-order valence-corrected chi connectivity index (χ3v) is 3.89. The van der Waals surface area contributed by atoms with Crippen LogP contribution >= 0.6 is 0 Å². The van der Waals surface area contributed by atoms with Gasteiger partial charge < -0.3 is 10.1 Å². The molecule has 100 valence electrons. The SMILES string of the molecule is CC(C)(C)NCC1CCN(C2CCCOC2)C1. The van der Waals surface area contributed by atoms with Crippen molar-refractivity contribution in [2.45, 2.75) is 51.6 Å². The molecule has 0 saturated carbocycles. The lowest BCUT2D eigenvalue weighted by Gasteiger charge is -2.31. The van der Waals surface area contributed by atoms with Crippen LogP contribution in [0.3, 0.4) is 0 Å². The Morgan fingerprint density at radius 3 is 2.76 bits per heavy atom. The van der Waals surface area contributed by atoms with Crippen molar-refractivity contribution in [2.75, 3.05) is 32.8 Å². The number of ether oxygens (including phenoxy) is 1. The molecule has 2 fully saturated rings. The molecule has 2 saturated heterocycles. The lowest BCUT2D eigenvalue weighted by atomic mass is 10.0. The maximum absolute atomic E-state index is 5.59. The van der Waals surface area contributed by atoms with E-state index in [1.807, 2.05) is 0 Å². The van der Waals surface area contributed by atoms with E-state index in [1.54, 1.807) is 0 Å². The Kier molecular flexibility index (Phi) is 4.45. The van der Waals surface area contributed by atoms with Gasteiger partial charge in [0.2, 0.25) is 0 Å². The molecule has 0 bridgehead atoms. The zero-order chi connectivity index (χ0) is 12.3. The molecular formula is C14H28N2O. The molecule has 2 heterocycles. The third-order valence-electron chi connectivity index (χ3n) is 3.89. The maximum Gasteiger partial charge on any atom is 0.0621 e. The highest BCUT2D eigenvalue weighted by atomic mass is 16.5. The molecule has 17 heavy (non-hydrogen) atoms. The zero-order valence-electron chi connectivity index (χ0n) is 11.7. The van der Waals surface area contributed by atoms with Crippen LogP contribution in [0.5, 0.6) is 0 Å². The van der Waals surface area contributed by atoms with Crippen LogP contribution in [0.25, 0.3) is 0 Å². The predicted octanol–water partition coefficient (Wildman–Crippen LogP) is 1.88. The van der Waals surface area contributed by atoms with E-state index < -0.39 is 0 Å². The molecule has 0 aliphatic carbocycles. The van der Waals surface area contributed by atoms with Gasteiger partial charge in [-0.3, -0.25) is 4.90 Å². The molecule has 2 rings (SSSR count). The van der Waals surface area contributed by atoms with Crippen LogP contribution in [0.2, 0.25) is 0 Å². The summed E-state index contributed by atoms with van der Waals surface area (Å²) in [5, 5.41) is 3.63. The van der Waals surface area contributed by atoms with Gasteiger partial charge in [0.05, 0.1) is 6.61 Å². The van der Waals surface area contributed by atoms with Gasteiger partial charge in [0.15, 0.2) is 0 Å². The molecule has 0 aromatic carbocycles. The minimum absolute atomic E-state index is 0.251. The second kappa shape index (κ2) is 5.68. The number of hydrogen-bond donors (Lipinski definition) is 1. The molecule has 0 spiro atoms. The fraction of sp³-hybridized carbons (Fsp3) is 1.00. The van der Waals surface area contributed by atoms with Gasteiger partial charge in [0.1, 0.15) is 0 Å². The van der Waals surface area contributed by atoms with Gasteiger partial charge in [0, 0.05) is 24.7 Å². The second-order valence-electron chi connectivity index (χ2n) is 6.65. The van der Waals surface area contributed by atoms with Crippen LogP contribution in [0.15, 0.2) is 0 Å². The largest absolute Gasteiger partial charge is 0.380 e. The summed E-state index contributed by atoms with van der Waals surface area (Å²) in [6.07, 6.45) is 3.92. The Labute approximate surface area is 106 Å². The summed E-state index contributed by atoms with van der Waals surface area (Å²) in [6, 6.07) is 0.698. The number of nitrogens with zero attached hydrogens (tertiary/aromatic N) is 1. The minimum Gasteiger partial charge on any atom is -0.380 e. The van der Waals surface area contributed by atoms with E-state index in [1.165, 1.54) is 32.4 Å². The van der Waals surface area contributed by atoms with E-state index in [4.69, 9.17) is 4.74 Å². The molecule has 3 nitrogen and oxygen atoms in total. The molecule has 2 unspecified atom stereocenters. The van der Waals surface area contributed by atoms with Crippen LogP contribution in [0, 0.1) is 5.92 Å². The first-order valence-electron chi connectivity index (χ1n) is 7.11. The van der Waals surface area contributed by atoms with Crippen molar-refractivity contribution in [3.8, 4) is 0 Å². The van der Waals surface area contributed by atoms with Gasteiger partial charge in [-0.2, -0.15) is 0 Å². The van der Waals surface area contributed by atoms with Crippen LogP contribution in [-0.4, -0.2) is 49.3 Å². The fourth-order valence-electron chi connectivity index (χ4n) is 2.82. The van der Waals surface area contributed by atoms with Crippen molar-refractivity contribution in [3.05, 3.63) is 0 Å². The van der Waals surface area contributed by atoms with E-state index in [9.17, 15) is 0 Å². The van der Waals surface area contributed by atoms with Crippen molar-refractivity contribution >= 4 is 0 Å². The topological polar surface area (TPSA) is 24.5 Å². The standard InChI is InChI=1S/C14H28N2O/c1-14(2,3)15-9-12-6-7-16(10-12)13-5-4-8-17-11-13/h12-13,15H,4-11H2,1-3H3. The van der Waals surface area contributed by atoms with Crippen LogP contribution in [0.4, 0.5) is 0 Å². The van der Waals surface area contributed by atoms with Crippen molar-refractivity contribution in [1.82, 2.24) is 10.2 Å². The van der Waals surface area contributed by atoms with Crippen LogP contribution < -0.4 is 5.32 Å². The third kappa shape index (κ3) is 4.23. The Bertz CT molecular complexity index is 231. The Balaban J connectivity index is 1.71. The average molecular weight is 240 g/mol. The van der Waals surface area contributed by atoms with E-state index in [2.05, 4.69) is 31.0 Å².